The van der Waals surface area contributed by atoms with Gasteiger partial charge >= 0.3 is 5.97 Å². The number of carbonyl (C=O) groups excluding carboxylic acids is 1. The monoisotopic (exact) mass is 411 g/mol. The van der Waals surface area contributed by atoms with Gasteiger partial charge < -0.3 is 4.74 Å². The lowest BCUT2D eigenvalue weighted by Gasteiger charge is -2.16. The molecule has 0 amide bonds. The Labute approximate surface area is 150 Å². The number of rotatable bonds is 5. The van der Waals surface area contributed by atoms with Crippen LogP contribution in [0.5, 0.6) is 0 Å². The summed E-state index contributed by atoms with van der Waals surface area (Å²) in [5.74, 6) is -0.502. The third-order valence-electron chi connectivity index (χ3n) is 3.57. The van der Waals surface area contributed by atoms with E-state index >= 15 is 0 Å². The zero-order valence-corrected chi connectivity index (χ0v) is 15.9. The van der Waals surface area contributed by atoms with E-state index in [1.807, 2.05) is 24.3 Å². The second kappa shape index (κ2) is 7.46. The molecular weight excluding hydrogens is 394 g/mol. The average Bonchev–Trinajstić information content (AvgIpc) is 2.53. The van der Waals surface area contributed by atoms with Crippen LogP contribution in [-0.4, -0.2) is 21.5 Å². The molecule has 1 unspecified atom stereocenters. The van der Waals surface area contributed by atoms with Crippen LogP contribution in [0.4, 0.5) is 0 Å². The predicted octanol–water partition coefficient (Wildman–Crippen LogP) is 3.58. The fraction of sp³-hybridized carbons (Fsp3) is 0.235. The van der Waals surface area contributed by atoms with E-state index in [4.69, 9.17) is 0 Å². The van der Waals surface area contributed by atoms with Gasteiger partial charge in [-0.3, -0.25) is 0 Å². The highest BCUT2D eigenvalue weighted by molar-refractivity contribution is 9.10. The van der Waals surface area contributed by atoms with Gasteiger partial charge in [0.25, 0.3) is 0 Å². The summed E-state index contributed by atoms with van der Waals surface area (Å²) in [4.78, 5) is 11.7. The number of sulfonamides is 1. The number of hydrogen-bond acceptors (Lipinski definition) is 4. The second-order valence-corrected chi connectivity index (χ2v) is 7.97. The molecule has 128 valence electrons. The minimum absolute atomic E-state index is 0.136. The first kappa shape index (κ1) is 18.6. The Hall–Kier alpha value is -1.70. The van der Waals surface area contributed by atoms with Gasteiger partial charge in [0.2, 0.25) is 10.0 Å². The van der Waals surface area contributed by atoms with Crippen molar-refractivity contribution in [3.8, 4) is 0 Å². The van der Waals surface area contributed by atoms with Crippen LogP contribution in [0.15, 0.2) is 51.8 Å². The molecule has 0 fully saturated rings. The normalized spacial score (nSPS) is 12.7. The number of carbonyl (C=O) groups is 1. The van der Waals surface area contributed by atoms with E-state index in [-0.39, 0.29) is 4.90 Å². The van der Waals surface area contributed by atoms with Crippen LogP contribution in [0.3, 0.4) is 0 Å². The van der Waals surface area contributed by atoms with Gasteiger partial charge in [-0.05, 0) is 55.3 Å². The Morgan fingerprint density at radius 2 is 1.92 bits per heavy atom. The number of aryl methyl sites for hydroxylation is 1. The van der Waals surface area contributed by atoms with Crippen molar-refractivity contribution in [3.05, 3.63) is 63.6 Å². The van der Waals surface area contributed by atoms with Crippen molar-refractivity contribution in [2.24, 2.45) is 0 Å². The number of methoxy groups -OCH3 is 1. The summed E-state index contributed by atoms with van der Waals surface area (Å²) in [6.07, 6.45) is 0. The molecule has 2 rings (SSSR count). The highest BCUT2D eigenvalue weighted by atomic mass is 79.9. The minimum Gasteiger partial charge on any atom is -0.465 e. The molecule has 0 saturated heterocycles. The smallest absolute Gasteiger partial charge is 0.337 e. The molecule has 0 spiro atoms. The Morgan fingerprint density at radius 3 is 2.50 bits per heavy atom. The number of benzene rings is 2. The third kappa shape index (κ3) is 4.23. The summed E-state index contributed by atoms with van der Waals surface area (Å²) < 4.78 is 33.4. The molecular formula is C17H18BrNO4S. The van der Waals surface area contributed by atoms with Crippen LogP contribution in [0.25, 0.3) is 0 Å². The maximum atomic E-state index is 12.6. The van der Waals surface area contributed by atoms with E-state index in [2.05, 4.69) is 25.4 Å². The number of halogens is 1. The summed E-state index contributed by atoms with van der Waals surface area (Å²) in [5.41, 5.74) is 1.64. The number of esters is 1. The lowest BCUT2D eigenvalue weighted by atomic mass is 10.1. The van der Waals surface area contributed by atoms with E-state index in [1.54, 1.807) is 13.8 Å². The highest BCUT2D eigenvalue weighted by Crippen LogP contribution is 2.22. The van der Waals surface area contributed by atoms with Crippen LogP contribution in [0.1, 0.15) is 34.5 Å². The first-order chi connectivity index (χ1) is 11.2. The van der Waals surface area contributed by atoms with Crippen molar-refractivity contribution in [1.29, 1.82) is 0 Å². The van der Waals surface area contributed by atoms with Gasteiger partial charge in [-0.15, -0.1) is 0 Å². The van der Waals surface area contributed by atoms with Crippen LogP contribution in [0.2, 0.25) is 0 Å². The van der Waals surface area contributed by atoms with Crippen molar-refractivity contribution in [2.45, 2.75) is 24.8 Å². The topological polar surface area (TPSA) is 72.5 Å². The lowest BCUT2D eigenvalue weighted by molar-refractivity contribution is 0.0600. The van der Waals surface area contributed by atoms with Gasteiger partial charge in [0.05, 0.1) is 17.6 Å². The fourth-order valence-corrected chi connectivity index (χ4v) is 4.21. The van der Waals surface area contributed by atoms with Gasteiger partial charge in [0.15, 0.2) is 0 Å². The molecule has 2 aromatic rings. The standard InChI is InChI=1S/C17H18BrNO4S/c1-11-9-14(17(20)23-3)7-8-16(11)24(21,22)19-12(2)13-5-4-6-15(18)10-13/h4-10,12,19H,1-3H3. The lowest BCUT2D eigenvalue weighted by Crippen LogP contribution is -2.27. The molecule has 1 atom stereocenters. The van der Waals surface area contributed by atoms with Gasteiger partial charge in [-0.2, -0.15) is 0 Å². The first-order valence-electron chi connectivity index (χ1n) is 7.21. The number of ether oxygens (including phenoxy) is 1. The Kier molecular flexibility index (Phi) is 5.79. The molecule has 0 aliphatic rings. The van der Waals surface area contributed by atoms with Crippen molar-refractivity contribution in [3.63, 3.8) is 0 Å². The van der Waals surface area contributed by atoms with Gasteiger partial charge in [0, 0.05) is 10.5 Å². The van der Waals surface area contributed by atoms with E-state index in [0.29, 0.717) is 11.1 Å². The van der Waals surface area contributed by atoms with Crippen LogP contribution in [-0.2, 0) is 14.8 Å². The van der Waals surface area contributed by atoms with Gasteiger partial charge in [-0.25, -0.2) is 17.9 Å². The number of hydrogen-bond donors (Lipinski definition) is 1. The maximum Gasteiger partial charge on any atom is 0.337 e. The SMILES string of the molecule is COC(=O)c1ccc(S(=O)(=O)NC(C)c2cccc(Br)c2)c(C)c1. The Balaban J connectivity index is 2.29. The molecule has 0 saturated carbocycles. The largest absolute Gasteiger partial charge is 0.465 e. The van der Waals surface area contributed by atoms with Crippen LogP contribution >= 0.6 is 15.9 Å². The molecule has 5 nitrogen and oxygen atoms in total. The molecule has 0 aliphatic carbocycles. The van der Waals surface area contributed by atoms with Crippen molar-refractivity contribution < 1.29 is 17.9 Å². The third-order valence-corrected chi connectivity index (χ3v) is 5.76. The fourth-order valence-electron chi connectivity index (χ4n) is 2.34. The second-order valence-electron chi connectivity index (χ2n) is 5.37. The molecule has 24 heavy (non-hydrogen) atoms. The average molecular weight is 412 g/mol. The molecule has 2 aromatic carbocycles. The Bertz CT molecular complexity index is 865. The van der Waals surface area contributed by atoms with E-state index < -0.39 is 22.0 Å². The number of nitrogens with one attached hydrogen (secondary N) is 1. The molecule has 0 aromatic heterocycles. The van der Waals surface area contributed by atoms with Gasteiger partial charge in [0.1, 0.15) is 0 Å². The van der Waals surface area contributed by atoms with Crippen LogP contribution in [0, 0.1) is 6.92 Å². The summed E-state index contributed by atoms with van der Waals surface area (Å²) in [6, 6.07) is 11.4. The molecule has 1 N–H and O–H groups in total. The zero-order chi connectivity index (χ0) is 17.9. The van der Waals surface area contributed by atoms with Gasteiger partial charge in [-0.1, -0.05) is 28.1 Å². The van der Waals surface area contributed by atoms with Crippen molar-refractivity contribution in [2.75, 3.05) is 7.11 Å². The zero-order valence-electron chi connectivity index (χ0n) is 13.5. The minimum atomic E-state index is -3.72. The molecule has 0 bridgehead atoms. The van der Waals surface area contributed by atoms with Crippen molar-refractivity contribution in [1.82, 2.24) is 4.72 Å². The van der Waals surface area contributed by atoms with E-state index in [9.17, 15) is 13.2 Å². The van der Waals surface area contributed by atoms with E-state index in [1.165, 1.54) is 25.3 Å². The van der Waals surface area contributed by atoms with Crippen LogP contribution < -0.4 is 4.72 Å². The summed E-state index contributed by atoms with van der Waals surface area (Å²) in [5, 5.41) is 0. The molecule has 0 heterocycles. The predicted molar refractivity (Wildman–Crippen MR) is 95.4 cm³/mol. The summed E-state index contributed by atoms with van der Waals surface area (Å²) >= 11 is 3.37. The molecule has 7 heteroatoms. The molecule has 0 aliphatic heterocycles. The van der Waals surface area contributed by atoms with E-state index in [0.717, 1.165) is 10.0 Å². The highest BCUT2D eigenvalue weighted by Gasteiger charge is 2.21. The summed E-state index contributed by atoms with van der Waals surface area (Å²) in [6.45, 7) is 3.42. The van der Waals surface area contributed by atoms with Crippen molar-refractivity contribution >= 4 is 31.9 Å². The quantitative estimate of drug-likeness (QED) is 0.762. The first-order valence-corrected chi connectivity index (χ1v) is 9.49. The molecule has 0 radical (unpaired) electrons. The Morgan fingerprint density at radius 1 is 1.21 bits per heavy atom. The summed E-state index contributed by atoms with van der Waals surface area (Å²) in [7, 11) is -2.44. The maximum absolute atomic E-state index is 12.6.